The lowest BCUT2D eigenvalue weighted by molar-refractivity contribution is 0.602. The molecule has 0 saturated heterocycles. The number of nitrogens with two attached hydrogens (primary N) is 2. The second-order valence-corrected chi connectivity index (χ2v) is 4.20. The number of benzene rings is 1. The SMILES string of the molecule is Nc1nc(N)nc(CSc2ccccc2F)n1. The normalized spacial score (nSPS) is 10.4. The molecule has 88 valence electrons. The Hall–Kier alpha value is -1.89. The fourth-order valence-corrected chi connectivity index (χ4v) is 2.02. The molecule has 0 spiro atoms. The molecule has 0 amide bonds. The summed E-state index contributed by atoms with van der Waals surface area (Å²) in [5, 5.41) is 0. The monoisotopic (exact) mass is 251 g/mol. The molecule has 0 bridgehead atoms. The van der Waals surface area contributed by atoms with Gasteiger partial charge < -0.3 is 11.5 Å². The molecule has 0 aliphatic rings. The average molecular weight is 251 g/mol. The predicted molar refractivity (Wildman–Crippen MR) is 64.6 cm³/mol. The molecule has 2 rings (SSSR count). The summed E-state index contributed by atoms with van der Waals surface area (Å²) < 4.78 is 13.3. The Labute approximate surface area is 101 Å². The summed E-state index contributed by atoms with van der Waals surface area (Å²) in [5.41, 5.74) is 10.9. The van der Waals surface area contributed by atoms with Crippen LogP contribution in [0.1, 0.15) is 5.82 Å². The Morgan fingerprint density at radius 1 is 1.06 bits per heavy atom. The van der Waals surface area contributed by atoms with Gasteiger partial charge in [0.25, 0.3) is 0 Å². The molecule has 0 saturated carbocycles. The van der Waals surface area contributed by atoms with Crippen LogP contribution in [0.2, 0.25) is 0 Å². The van der Waals surface area contributed by atoms with Crippen molar-refractivity contribution in [2.24, 2.45) is 0 Å². The summed E-state index contributed by atoms with van der Waals surface area (Å²) in [6, 6.07) is 6.49. The van der Waals surface area contributed by atoms with E-state index in [4.69, 9.17) is 11.5 Å². The van der Waals surface area contributed by atoms with Gasteiger partial charge in [-0.05, 0) is 12.1 Å². The molecule has 1 aromatic carbocycles. The van der Waals surface area contributed by atoms with E-state index in [9.17, 15) is 4.39 Å². The van der Waals surface area contributed by atoms with Crippen molar-refractivity contribution in [3.05, 3.63) is 35.9 Å². The van der Waals surface area contributed by atoms with Gasteiger partial charge >= 0.3 is 0 Å². The van der Waals surface area contributed by atoms with Gasteiger partial charge in [0.05, 0.1) is 5.75 Å². The van der Waals surface area contributed by atoms with Crippen LogP contribution in [0.4, 0.5) is 16.3 Å². The van der Waals surface area contributed by atoms with Crippen LogP contribution in [-0.4, -0.2) is 15.0 Å². The van der Waals surface area contributed by atoms with Gasteiger partial charge in [-0.1, -0.05) is 12.1 Å². The summed E-state index contributed by atoms with van der Waals surface area (Å²) in [5.74, 6) is 0.691. The van der Waals surface area contributed by atoms with E-state index in [-0.39, 0.29) is 17.7 Å². The molecule has 0 aliphatic carbocycles. The molecule has 1 aromatic heterocycles. The first kappa shape index (κ1) is 11.6. The van der Waals surface area contributed by atoms with Crippen molar-refractivity contribution in [2.75, 3.05) is 11.5 Å². The van der Waals surface area contributed by atoms with Crippen LogP contribution in [0.5, 0.6) is 0 Å². The maximum atomic E-state index is 13.3. The van der Waals surface area contributed by atoms with Crippen LogP contribution in [0.25, 0.3) is 0 Å². The molecule has 17 heavy (non-hydrogen) atoms. The molecular weight excluding hydrogens is 241 g/mol. The lowest BCUT2D eigenvalue weighted by Crippen LogP contribution is -2.05. The minimum absolute atomic E-state index is 0.0710. The number of rotatable bonds is 3. The largest absolute Gasteiger partial charge is 0.368 e. The van der Waals surface area contributed by atoms with Gasteiger partial charge in [-0.25, -0.2) is 4.39 Å². The highest BCUT2D eigenvalue weighted by atomic mass is 32.2. The van der Waals surface area contributed by atoms with Crippen LogP contribution in [-0.2, 0) is 5.75 Å². The molecule has 0 atom stereocenters. The molecule has 7 heteroatoms. The van der Waals surface area contributed by atoms with Gasteiger partial charge in [-0.2, -0.15) is 15.0 Å². The molecule has 0 aliphatic heterocycles. The first-order valence-electron chi connectivity index (χ1n) is 4.78. The summed E-state index contributed by atoms with van der Waals surface area (Å²) in [7, 11) is 0. The minimum atomic E-state index is -0.271. The van der Waals surface area contributed by atoms with E-state index < -0.39 is 0 Å². The fraction of sp³-hybridized carbons (Fsp3) is 0.100. The van der Waals surface area contributed by atoms with Crippen molar-refractivity contribution in [2.45, 2.75) is 10.6 Å². The Kier molecular flexibility index (Phi) is 3.38. The van der Waals surface area contributed by atoms with E-state index in [0.29, 0.717) is 16.5 Å². The molecule has 2 aromatic rings. The standard InChI is InChI=1S/C10H10FN5S/c11-6-3-1-2-4-7(6)17-5-8-14-9(12)16-10(13)15-8/h1-4H,5H2,(H4,12,13,14,15,16). The summed E-state index contributed by atoms with van der Waals surface area (Å²) in [6.45, 7) is 0. The first-order chi connectivity index (χ1) is 8.15. The van der Waals surface area contributed by atoms with Crippen molar-refractivity contribution in [3.8, 4) is 0 Å². The van der Waals surface area contributed by atoms with E-state index in [0.717, 1.165) is 0 Å². The van der Waals surface area contributed by atoms with E-state index in [1.165, 1.54) is 17.8 Å². The Morgan fingerprint density at radius 2 is 1.71 bits per heavy atom. The van der Waals surface area contributed by atoms with E-state index in [1.54, 1.807) is 18.2 Å². The molecule has 5 nitrogen and oxygen atoms in total. The smallest absolute Gasteiger partial charge is 0.225 e. The average Bonchev–Trinajstić information content (AvgIpc) is 2.27. The van der Waals surface area contributed by atoms with Gasteiger partial charge in [-0.15, -0.1) is 11.8 Å². The van der Waals surface area contributed by atoms with Gasteiger partial charge in [0.15, 0.2) is 0 Å². The highest BCUT2D eigenvalue weighted by Gasteiger charge is 2.05. The quantitative estimate of drug-likeness (QED) is 0.803. The number of aromatic nitrogens is 3. The molecule has 4 N–H and O–H groups in total. The van der Waals surface area contributed by atoms with E-state index in [2.05, 4.69) is 15.0 Å². The van der Waals surface area contributed by atoms with Crippen molar-refractivity contribution in [3.63, 3.8) is 0 Å². The summed E-state index contributed by atoms with van der Waals surface area (Å²) in [6.07, 6.45) is 0. The van der Waals surface area contributed by atoms with Gasteiger partial charge in [0.2, 0.25) is 11.9 Å². The number of hydrogen-bond acceptors (Lipinski definition) is 6. The van der Waals surface area contributed by atoms with Crippen LogP contribution in [0.15, 0.2) is 29.2 Å². The maximum Gasteiger partial charge on any atom is 0.225 e. The molecule has 1 heterocycles. The zero-order valence-corrected chi connectivity index (χ0v) is 9.62. The number of halogens is 1. The van der Waals surface area contributed by atoms with Crippen molar-refractivity contribution < 1.29 is 4.39 Å². The van der Waals surface area contributed by atoms with E-state index in [1.807, 2.05) is 0 Å². The van der Waals surface area contributed by atoms with Crippen LogP contribution in [0, 0.1) is 5.82 Å². The number of hydrogen-bond donors (Lipinski definition) is 2. The Bertz CT molecular complexity index is 514. The third kappa shape index (κ3) is 3.04. The first-order valence-corrected chi connectivity index (χ1v) is 5.77. The molecule has 0 unspecified atom stereocenters. The number of thioether (sulfide) groups is 1. The van der Waals surface area contributed by atoms with Crippen molar-refractivity contribution in [1.82, 2.24) is 15.0 Å². The zero-order valence-electron chi connectivity index (χ0n) is 8.80. The predicted octanol–water partition coefficient (Wildman–Crippen LogP) is 1.47. The third-order valence-corrected chi connectivity index (χ3v) is 2.95. The zero-order chi connectivity index (χ0) is 12.3. The van der Waals surface area contributed by atoms with Gasteiger partial charge in [-0.3, -0.25) is 0 Å². The van der Waals surface area contributed by atoms with E-state index >= 15 is 0 Å². The highest BCUT2D eigenvalue weighted by Crippen LogP contribution is 2.24. The van der Waals surface area contributed by atoms with Crippen molar-refractivity contribution >= 4 is 23.7 Å². The lowest BCUT2D eigenvalue weighted by atomic mass is 10.3. The summed E-state index contributed by atoms with van der Waals surface area (Å²) >= 11 is 1.28. The summed E-state index contributed by atoms with van der Waals surface area (Å²) in [4.78, 5) is 12.0. The highest BCUT2D eigenvalue weighted by molar-refractivity contribution is 7.98. The third-order valence-electron chi connectivity index (χ3n) is 1.91. The molecule has 0 fully saturated rings. The Balaban J connectivity index is 2.10. The van der Waals surface area contributed by atoms with Gasteiger partial charge in [0, 0.05) is 4.90 Å². The topological polar surface area (TPSA) is 90.7 Å². The number of nitrogens with zero attached hydrogens (tertiary/aromatic N) is 3. The van der Waals surface area contributed by atoms with Crippen molar-refractivity contribution in [1.29, 1.82) is 0 Å². The lowest BCUT2D eigenvalue weighted by Gasteiger charge is -2.03. The molecule has 0 radical (unpaired) electrons. The minimum Gasteiger partial charge on any atom is -0.368 e. The van der Waals surface area contributed by atoms with Crippen LogP contribution >= 0.6 is 11.8 Å². The van der Waals surface area contributed by atoms with Crippen LogP contribution < -0.4 is 11.5 Å². The second-order valence-electron chi connectivity index (χ2n) is 3.19. The fourth-order valence-electron chi connectivity index (χ4n) is 1.23. The Morgan fingerprint density at radius 3 is 2.35 bits per heavy atom. The second kappa shape index (κ2) is 4.96. The molecular formula is C10H10FN5S. The number of nitrogen functional groups attached to an aromatic ring is 2. The number of anilines is 2. The van der Waals surface area contributed by atoms with Gasteiger partial charge in [0.1, 0.15) is 11.6 Å². The maximum absolute atomic E-state index is 13.3. The van der Waals surface area contributed by atoms with Crippen LogP contribution in [0.3, 0.4) is 0 Å².